The van der Waals surface area contributed by atoms with Gasteiger partial charge in [-0.2, -0.15) is 0 Å². The molecule has 2 fully saturated rings. The first kappa shape index (κ1) is 21.1. The average molecular weight is 449 g/mol. The van der Waals surface area contributed by atoms with Crippen LogP contribution in [-0.4, -0.2) is 58.2 Å². The molecule has 0 radical (unpaired) electrons. The Labute approximate surface area is 184 Å². The van der Waals surface area contributed by atoms with Gasteiger partial charge in [0, 0.05) is 38.0 Å². The van der Waals surface area contributed by atoms with Crippen LogP contribution in [0.15, 0.2) is 48.5 Å². The number of aliphatic carboxylic acids is 1. The maximum absolute atomic E-state index is 13.3. The molecule has 2 aliphatic heterocycles. The van der Waals surface area contributed by atoms with E-state index >= 15 is 0 Å². The fourth-order valence-corrected chi connectivity index (χ4v) is 4.52. The summed E-state index contributed by atoms with van der Waals surface area (Å²) in [7, 11) is 0. The number of halogens is 2. The van der Waals surface area contributed by atoms with Crippen molar-refractivity contribution in [2.24, 2.45) is 0 Å². The fourth-order valence-electron chi connectivity index (χ4n) is 4.23. The minimum Gasteiger partial charge on any atom is -0.480 e. The summed E-state index contributed by atoms with van der Waals surface area (Å²) >= 11 is 12.0. The van der Waals surface area contributed by atoms with Crippen LogP contribution in [0.25, 0.3) is 0 Å². The predicted octanol–water partition coefficient (Wildman–Crippen LogP) is 3.91. The van der Waals surface area contributed by atoms with Gasteiger partial charge in [-0.1, -0.05) is 53.5 Å². The number of piperidine rings is 1. The molecular formula is C22H22Cl2N2O4. The van der Waals surface area contributed by atoms with Gasteiger partial charge in [0.15, 0.2) is 6.04 Å². The number of carboxylic acid groups (broad SMARTS) is 1. The van der Waals surface area contributed by atoms with E-state index < -0.39 is 23.6 Å². The number of carbonyl (C=O) groups is 2. The topological polar surface area (TPSA) is 70.1 Å². The van der Waals surface area contributed by atoms with Crippen molar-refractivity contribution in [3.05, 3.63) is 69.7 Å². The molecule has 0 unspecified atom stereocenters. The van der Waals surface area contributed by atoms with Gasteiger partial charge in [0.05, 0.1) is 16.7 Å². The van der Waals surface area contributed by atoms with E-state index in [2.05, 4.69) is 17.0 Å². The number of carboxylic acids is 1. The van der Waals surface area contributed by atoms with Gasteiger partial charge in [-0.05, 0) is 23.8 Å². The van der Waals surface area contributed by atoms with E-state index in [1.807, 2.05) is 18.2 Å². The van der Waals surface area contributed by atoms with E-state index in [9.17, 15) is 14.7 Å². The molecule has 0 aromatic heterocycles. The Kier molecular flexibility index (Phi) is 6.02. The zero-order valence-corrected chi connectivity index (χ0v) is 17.8. The molecule has 2 heterocycles. The van der Waals surface area contributed by atoms with Crippen molar-refractivity contribution in [3.63, 3.8) is 0 Å². The largest absolute Gasteiger partial charge is 0.480 e. The second-order valence-electron chi connectivity index (χ2n) is 7.68. The summed E-state index contributed by atoms with van der Waals surface area (Å²) in [6.07, 6.45) is 1.08. The van der Waals surface area contributed by atoms with Crippen molar-refractivity contribution in [2.45, 2.75) is 31.2 Å². The molecule has 30 heavy (non-hydrogen) atoms. The molecule has 1 atom stereocenters. The van der Waals surface area contributed by atoms with Crippen LogP contribution < -0.4 is 0 Å². The molecule has 1 amide bonds. The van der Waals surface area contributed by atoms with Crippen molar-refractivity contribution in [3.8, 4) is 0 Å². The third kappa shape index (κ3) is 4.05. The molecule has 8 heteroatoms. The lowest BCUT2D eigenvalue weighted by molar-refractivity contribution is -0.144. The number of benzene rings is 2. The van der Waals surface area contributed by atoms with Crippen LogP contribution in [-0.2, 0) is 16.1 Å². The summed E-state index contributed by atoms with van der Waals surface area (Å²) in [5, 5.41) is 10.3. The first-order chi connectivity index (χ1) is 14.4. The number of ether oxygens (including phenoxy) is 1. The molecular weight excluding hydrogens is 427 g/mol. The summed E-state index contributed by atoms with van der Waals surface area (Å²) in [6, 6.07) is 13.7. The highest BCUT2D eigenvalue weighted by atomic mass is 35.5. The van der Waals surface area contributed by atoms with Gasteiger partial charge in [-0.25, -0.2) is 4.79 Å². The Balaban J connectivity index is 1.55. The van der Waals surface area contributed by atoms with Gasteiger partial charge in [-0.3, -0.25) is 14.6 Å². The highest BCUT2D eigenvalue weighted by molar-refractivity contribution is 6.42. The molecule has 1 spiro atoms. The second-order valence-corrected chi connectivity index (χ2v) is 8.49. The SMILES string of the molecule is O=C(O)[C@H]1COC2(CCN(Cc3ccccc3)CC2)N1C(=O)c1ccc(Cl)c(Cl)c1. The van der Waals surface area contributed by atoms with Crippen LogP contribution >= 0.6 is 23.2 Å². The van der Waals surface area contributed by atoms with E-state index in [0.717, 1.165) is 6.54 Å². The third-order valence-electron chi connectivity index (χ3n) is 5.82. The van der Waals surface area contributed by atoms with Crippen molar-refractivity contribution in [2.75, 3.05) is 19.7 Å². The van der Waals surface area contributed by atoms with Crippen LogP contribution in [0, 0.1) is 0 Å². The first-order valence-electron chi connectivity index (χ1n) is 9.81. The average Bonchev–Trinajstić information content (AvgIpc) is 3.11. The maximum Gasteiger partial charge on any atom is 0.328 e. The third-order valence-corrected chi connectivity index (χ3v) is 6.56. The number of hydrogen-bond donors (Lipinski definition) is 1. The van der Waals surface area contributed by atoms with Crippen molar-refractivity contribution in [1.82, 2.24) is 9.80 Å². The molecule has 2 saturated heterocycles. The van der Waals surface area contributed by atoms with Crippen molar-refractivity contribution >= 4 is 35.1 Å². The van der Waals surface area contributed by atoms with E-state index in [1.54, 1.807) is 12.1 Å². The predicted molar refractivity (Wildman–Crippen MR) is 114 cm³/mol. The molecule has 0 saturated carbocycles. The van der Waals surface area contributed by atoms with Crippen molar-refractivity contribution < 1.29 is 19.4 Å². The van der Waals surface area contributed by atoms with Gasteiger partial charge in [-0.15, -0.1) is 0 Å². The molecule has 0 aliphatic carbocycles. The van der Waals surface area contributed by atoms with E-state index in [1.165, 1.54) is 16.5 Å². The highest BCUT2D eigenvalue weighted by Crippen LogP contribution is 2.39. The number of rotatable bonds is 4. The van der Waals surface area contributed by atoms with Gasteiger partial charge in [0.1, 0.15) is 5.72 Å². The van der Waals surface area contributed by atoms with Crippen LogP contribution in [0.5, 0.6) is 0 Å². The Morgan fingerprint density at radius 2 is 1.77 bits per heavy atom. The first-order valence-corrected chi connectivity index (χ1v) is 10.6. The summed E-state index contributed by atoms with van der Waals surface area (Å²) in [6.45, 7) is 2.18. The van der Waals surface area contributed by atoms with Crippen LogP contribution in [0.1, 0.15) is 28.8 Å². The zero-order chi connectivity index (χ0) is 21.3. The fraction of sp³-hybridized carbons (Fsp3) is 0.364. The lowest BCUT2D eigenvalue weighted by Gasteiger charge is -2.44. The van der Waals surface area contributed by atoms with Crippen molar-refractivity contribution in [1.29, 1.82) is 0 Å². The lowest BCUT2D eigenvalue weighted by atomic mass is 9.96. The summed E-state index contributed by atoms with van der Waals surface area (Å²) in [4.78, 5) is 28.9. The van der Waals surface area contributed by atoms with E-state index in [0.29, 0.717) is 36.5 Å². The summed E-state index contributed by atoms with van der Waals surface area (Å²) in [5.74, 6) is -1.48. The summed E-state index contributed by atoms with van der Waals surface area (Å²) in [5.41, 5.74) is 0.583. The second kappa shape index (κ2) is 8.55. The van der Waals surface area contributed by atoms with Gasteiger partial charge < -0.3 is 9.84 Å². The lowest BCUT2D eigenvalue weighted by Crippen LogP contribution is -2.58. The molecule has 158 valence electrons. The van der Waals surface area contributed by atoms with Crippen LogP contribution in [0.4, 0.5) is 0 Å². The minimum atomic E-state index is -1.08. The summed E-state index contributed by atoms with van der Waals surface area (Å²) < 4.78 is 6.00. The number of likely N-dealkylation sites (tertiary alicyclic amines) is 1. The number of nitrogens with zero attached hydrogens (tertiary/aromatic N) is 2. The van der Waals surface area contributed by atoms with E-state index in [-0.39, 0.29) is 11.6 Å². The maximum atomic E-state index is 13.3. The molecule has 6 nitrogen and oxygen atoms in total. The molecule has 0 bridgehead atoms. The smallest absolute Gasteiger partial charge is 0.328 e. The molecule has 4 rings (SSSR count). The molecule has 1 N–H and O–H groups in total. The molecule has 2 aromatic rings. The van der Waals surface area contributed by atoms with Crippen LogP contribution in [0.3, 0.4) is 0 Å². The molecule has 2 aromatic carbocycles. The van der Waals surface area contributed by atoms with Gasteiger partial charge in [0.2, 0.25) is 0 Å². The van der Waals surface area contributed by atoms with Gasteiger partial charge >= 0.3 is 5.97 Å². The Hall–Kier alpha value is -2.12. The Morgan fingerprint density at radius 1 is 1.07 bits per heavy atom. The minimum absolute atomic E-state index is 0.0267. The number of amides is 1. The monoisotopic (exact) mass is 448 g/mol. The Bertz CT molecular complexity index is 945. The molecule has 2 aliphatic rings. The Morgan fingerprint density at radius 3 is 2.40 bits per heavy atom. The highest BCUT2D eigenvalue weighted by Gasteiger charge is 2.54. The zero-order valence-electron chi connectivity index (χ0n) is 16.3. The quantitative estimate of drug-likeness (QED) is 0.767. The number of hydrogen-bond acceptors (Lipinski definition) is 4. The standard InChI is InChI=1S/C22H22Cl2N2O4/c23-17-7-6-16(12-18(17)24)20(27)26-19(21(28)29)14-30-22(26)8-10-25(11-9-22)13-15-4-2-1-3-5-15/h1-7,12,19H,8-11,13-14H2,(H,28,29)/t19-/m1/s1. The normalized spacial score (nSPS) is 21.1. The number of carbonyl (C=O) groups excluding carboxylic acids is 1. The van der Waals surface area contributed by atoms with Gasteiger partial charge in [0.25, 0.3) is 5.91 Å². The van der Waals surface area contributed by atoms with E-state index in [4.69, 9.17) is 27.9 Å². The van der Waals surface area contributed by atoms with Crippen LogP contribution in [0.2, 0.25) is 10.0 Å².